The molecule has 2 aliphatic rings. The van der Waals surface area contributed by atoms with Crippen LogP contribution in [0.15, 0.2) is 41.6 Å². The molecular weight excluding hydrogens is 479 g/mol. The zero-order chi connectivity index (χ0) is 22.1. The van der Waals surface area contributed by atoms with Gasteiger partial charge in [0, 0.05) is 5.75 Å². The third-order valence-corrected chi connectivity index (χ3v) is 6.05. The number of fused-ring (bicyclic) bond motifs is 1. The number of hydroxylamine groups is 2. The smallest absolute Gasteiger partial charge is 0.355 e. The number of esters is 1. The summed E-state index contributed by atoms with van der Waals surface area (Å²) >= 11 is 18.1. The highest BCUT2D eigenvalue weighted by Crippen LogP contribution is 2.42. The van der Waals surface area contributed by atoms with Crippen LogP contribution in [0.25, 0.3) is 0 Å². The number of hydrogen-bond donors (Lipinski definition) is 1. The SMILES string of the molecule is CC1=C(C(=O)OCC(Cl)(Cl)Cl)N2C(=O)C(N(O)C(=O)COc3ccccc3)[C@H]2SC1. The molecule has 0 radical (unpaired) electrons. The Hall–Kier alpha value is -1.65. The Balaban J connectivity index is 1.65. The molecule has 8 nitrogen and oxygen atoms in total. The van der Waals surface area contributed by atoms with Gasteiger partial charge in [-0.2, -0.15) is 0 Å². The van der Waals surface area contributed by atoms with Crippen molar-refractivity contribution < 1.29 is 29.1 Å². The zero-order valence-corrected chi connectivity index (χ0v) is 18.7. The lowest BCUT2D eigenvalue weighted by molar-refractivity contribution is -0.199. The van der Waals surface area contributed by atoms with Crippen molar-refractivity contribution in [3.63, 3.8) is 0 Å². The van der Waals surface area contributed by atoms with Crippen molar-refractivity contribution in [1.82, 2.24) is 9.96 Å². The summed E-state index contributed by atoms with van der Waals surface area (Å²) in [6.07, 6.45) is 0. The van der Waals surface area contributed by atoms with E-state index >= 15 is 0 Å². The van der Waals surface area contributed by atoms with Crippen molar-refractivity contribution in [2.75, 3.05) is 19.0 Å². The van der Waals surface area contributed by atoms with E-state index in [-0.39, 0.29) is 5.70 Å². The fraction of sp³-hybridized carbons (Fsp3) is 0.389. The fourth-order valence-electron chi connectivity index (χ4n) is 2.93. The van der Waals surface area contributed by atoms with Crippen LogP contribution in [0.1, 0.15) is 6.92 Å². The van der Waals surface area contributed by atoms with Crippen molar-refractivity contribution >= 4 is 64.3 Å². The van der Waals surface area contributed by atoms with Gasteiger partial charge in [0.15, 0.2) is 12.6 Å². The van der Waals surface area contributed by atoms with Crippen LogP contribution in [0.5, 0.6) is 5.75 Å². The minimum Gasteiger partial charge on any atom is -0.484 e. The molecule has 1 aromatic carbocycles. The van der Waals surface area contributed by atoms with Gasteiger partial charge in [0.25, 0.3) is 11.8 Å². The van der Waals surface area contributed by atoms with Gasteiger partial charge in [0.1, 0.15) is 23.4 Å². The van der Waals surface area contributed by atoms with Crippen LogP contribution in [0.4, 0.5) is 0 Å². The summed E-state index contributed by atoms with van der Waals surface area (Å²) in [7, 11) is 0. The molecule has 2 atom stereocenters. The van der Waals surface area contributed by atoms with Crippen molar-refractivity contribution in [3.05, 3.63) is 41.6 Å². The summed E-state index contributed by atoms with van der Waals surface area (Å²) in [5.41, 5.74) is 0.622. The molecule has 0 spiro atoms. The van der Waals surface area contributed by atoms with Crippen molar-refractivity contribution in [1.29, 1.82) is 0 Å². The monoisotopic (exact) mass is 494 g/mol. The first kappa shape index (κ1) is 23.0. The Morgan fingerprint density at radius 1 is 1.30 bits per heavy atom. The Kier molecular flexibility index (Phi) is 7.09. The number of alkyl halides is 3. The van der Waals surface area contributed by atoms with Gasteiger partial charge in [-0.1, -0.05) is 53.0 Å². The highest BCUT2D eigenvalue weighted by Gasteiger charge is 2.57. The van der Waals surface area contributed by atoms with Crippen LogP contribution >= 0.6 is 46.6 Å². The molecule has 0 saturated carbocycles. The Labute approximate surface area is 191 Å². The maximum absolute atomic E-state index is 12.7. The van der Waals surface area contributed by atoms with E-state index in [0.29, 0.717) is 22.1 Å². The quantitative estimate of drug-likeness (QED) is 0.213. The van der Waals surface area contributed by atoms with Gasteiger partial charge in [-0.25, -0.2) is 9.86 Å². The molecule has 12 heteroatoms. The van der Waals surface area contributed by atoms with E-state index in [9.17, 15) is 19.6 Å². The number of carbonyl (C=O) groups is 3. The van der Waals surface area contributed by atoms with Gasteiger partial charge in [0.2, 0.25) is 3.79 Å². The second kappa shape index (κ2) is 9.23. The largest absolute Gasteiger partial charge is 0.484 e. The summed E-state index contributed by atoms with van der Waals surface area (Å²) < 4.78 is 8.51. The van der Waals surface area contributed by atoms with Crippen molar-refractivity contribution in [2.45, 2.75) is 22.1 Å². The van der Waals surface area contributed by atoms with Gasteiger partial charge in [-0.3, -0.25) is 19.7 Å². The van der Waals surface area contributed by atoms with E-state index in [2.05, 4.69) is 0 Å². The predicted molar refractivity (Wildman–Crippen MR) is 111 cm³/mol. The predicted octanol–water partition coefficient (Wildman–Crippen LogP) is 2.75. The molecule has 30 heavy (non-hydrogen) atoms. The molecule has 0 aromatic heterocycles. The molecule has 1 N–H and O–H groups in total. The number of thioether (sulfide) groups is 1. The standard InChI is InChI=1S/C18H17Cl3N2O6S/c1-10-8-30-16-14(23(27)12(24)7-28-11-5-3-2-4-6-11)15(25)22(16)13(10)17(26)29-9-18(19,20)21/h2-6,14,16,27H,7-9H2,1H3/t14?,16-/m1/s1. The second-order valence-electron chi connectivity index (χ2n) is 6.51. The number of nitrogens with zero attached hydrogens (tertiary/aromatic N) is 2. The van der Waals surface area contributed by atoms with E-state index in [4.69, 9.17) is 44.3 Å². The first-order valence-corrected chi connectivity index (χ1v) is 10.9. The first-order chi connectivity index (χ1) is 14.1. The maximum atomic E-state index is 12.7. The molecule has 1 unspecified atom stereocenters. The summed E-state index contributed by atoms with van der Waals surface area (Å²) in [5.74, 6) is -1.39. The topological polar surface area (TPSA) is 96.4 Å². The Morgan fingerprint density at radius 3 is 2.60 bits per heavy atom. The molecule has 2 heterocycles. The van der Waals surface area contributed by atoms with E-state index in [1.807, 2.05) is 0 Å². The summed E-state index contributed by atoms with van der Waals surface area (Å²) in [6, 6.07) is 7.43. The maximum Gasteiger partial charge on any atom is 0.355 e. The number of para-hydroxylation sites is 1. The summed E-state index contributed by atoms with van der Waals surface area (Å²) in [4.78, 5) is 38.6. The number of rotatable bonds is 6. The van der Waals surface area contributed by atoms with Gasteiger partial charge in [-0.15, -0.1) is 11.8 Å². The molecule has 0 bridgehead atoms. The fourth-order valence-corrected chi connectivity index (χ4v) is 4.43. The molecule has 1 fully saturated rings. The summed E-state index contributed by atoms with van der Waals surface area (Å²) in [5, 5.41) is 9.98. The van der Waals surface area contributed by atoms with Gasteiger partial charge < -0.3 is 9.47 Å². The lowest BCUT2D eigenvalue weighted by atomic mass is 10.0. The number of benzene rings is 1. The van der Waals surface area contributed by atoms with E-state index in [1.54, 1.807) is 37.3 Å². The van der Waals surface area contributed by atoms with Gasteiger partial charge >= 0.3 is 5.97 Å². The van der Waals surface area contributed by atoms with Crippen LogP contribution < -0.4 is 4.74 Å². The molecule has 162 valence electrons. The Bertz CT molecular complexity index is 876. The Morgan fingerprint density at radius 2 is 1.97 bits per heavy atom. The van der Waals surface area contributed by atoms with Crippen LogP contribution in [-0.2, 0) is 19.1 Å². The molecule has 0 aliphatic carbocycles. The number of halogens is 3. The minimum absolute atomic E-state index is 0.0237. The lowest BCUT2D eigenvalue weighted by Gasteiger charge is -2.51. The van der Waals surface area contributed by atoms with Crippen LogP contribution in [0.3, 0.4) is 0 Å². The van der Waals surface area contributed by atoms with Gasteiger partial charge in [-0.05, 0) is 24.6 Å². The first-order valence-electron chi connectivity index (χ1n) is 8.67. The summed E-state index contributed by atoms with van der Waals surface area (Å²) in [6.45, 7) is 0.734. The van der Waals surface area contributed by atoms with Crippen LogP contribution in [-0.4, -0.2) is 67.1 Å². The molecular formula is C18H17Cl3N2O6S. The highest BCUT2D eigenvalue weighted by molar-refractivity contribution is 8.00. The second-order valence-corrected chi connectivity index (χ2v) is 10.1. The van der Waals surface area contributed by atoms with E-state index < -0.39 is 46.2 Å². The van der Waals surface area contributed by atoms with Crippen LogP contribution in [0.2, 0.25) is 0 Å². The van der Waals surface area contributed by atoms with Gasteiger partial charge in [0.05, 0.1) is 0 Å². The average Bonchev–Trinajstić information content (AvgIpc) is 2.70. The highest BCUT2D eigenvalue weighted by atomic mass is 35.6. The molecule has 2 aliphatic heterocycles. The number of hydrogen-bond acceptors (Lipinski definition) is 7. The number of β-lactam (4-membered cyclic amide) rings is 1. The number of carbonyl (C=O) groups excluding carboxylic acids is 3. The van der Waals surface area contributed by atoms with Crippen molar-refractivity contribution in [3.8, 4) is 5.75 Å². The number of amides is 2. The third kappa shape index (κ3) is 4.97. The molecule has 1 saturated heterocycles. The lowest BCUT2D eigenvalue weighted by Crippen LogP contribution is -2.71. The molecule has 2 amide bonds. The average molecular weight is 496 g/mol. The normalized spacial score (nSPS) is 21.0. The molecule has 3 rings (SSSR count). The third-order valence-electron chi connectivity index (χ3n) is 4.32. The zero-order valence-electron chi connectivity index (χ0n) is 15.6. The minimum atomic E-state index is -1.79. The number of ether oxygens (including phenoxy) is 2. The van der Waals surface area contributed by atoms with Crippen LogP contribution in [0, 0.1) is 0 Å². The molecule has 1 aromatic rings. The van der Waals surface area contributed by atoms with E-state index in [0.717, 1.165) is 0 Å². The van der Waals surface area contributed by atoms with Crippen molar-refractivity contribution in [2.24, 2.45) is 0 Å². The van der Waals surface area contributed by atoms with E-state index in [1.165, 1.54) is 16.7 Å².